The molecule has 0 bridgehead atoms. The minimum Gasteiger partial charge on any atom is -0.338 e. The first kappa shape index (κ1) is 18.9. The van der Waals surface area contributed by atoms with Crippen LogP contribution in [0.3, 0.4) is 0 Å². The molecule has 3 rings (SSSR count). The largest absolute Gasteiger partial charge is 0.338 e. The van der Waals surface area contributed by atoms with Gasteiger partial charge in [-0.2, -0.15) is 11.8 Å². The van der Waals surface area contributed by atoms with Crippen molar-refractivity contribution < 1.29 is 9.59 Å². The Hall–Kier alpha value is -1.44. The summed E-state index contributed by atoms with van der Waals surface area (Å²) in [5, 5.41) is 9.13. The van der Waals surface area contributed by atoms with Crippen LogP contribution in [0.2, 0.25) is 0 Å². The van der Waals surface area contributed by atoms with Crippen molar-refractivity contribution in [3.8, 4) is 0 Å². The first-order valence-electron chi connectivity index (χ1n) is 7.99. The van der Waals surface area contributed by atoms with Gasteiger partial charge in [-0.05, 0) is 24.6 Å². The molecule has 0 aliphatic carbocycles. The van der Waals surface area contributed by atoms with E-state index in [9.17, 15) is 9.59 Å². The lowest BCUT2D eigenvalue weighted by atomic mass is 10.2. The Bertz CT molecular complexity index is 581. The zero-order chi connectivity index (χ0) is 16.1. The van der Waals surface area contributed by atoms with E-state index in [1.54, 1.807) is 4.90 Å². The molecule has 6 nitrogen and oxygen atoms in total. The van der Waals surface area contributed by atoms with Gasteiger partial charge in [-0.15, -0.1) is 12.4 Å². The first-order chi connectivity index (χ1) is 11.2. The van der Waals surface area contributed by atoms with Gasteiger partial charge in [0, 0.05) is 55.0 Å². The number of nitrogens with one attached hydrogen (secondary N) is 3. The van der Waals surface area contributed by atoms with Crippen molar-refractivity contribution in [3.05, 3.63) is 24.3 Å². The van der Waals surface area contributed by atoms with E-state index in [-0.39, 0.29) is 30.4 Å². The highest BCUT2D eigenvalue weighted by Crippen LogP contribution is 2.21. The Morgan fingerprint density at radius 3 is 3.00 bits per heavy atom. The molecule has 0 aromatic heterocycles. The van der Waals surface area contributed by atoms with Crippen LogP contribution in [-0.4, -0.2) is 49.1 Å². The average Bonchev–Trinajstić information content (AvgIpc) is 2.56. The summed E-state index contributed by atoms with van der Waals surface area (Å²) in [6, 6.07) is 7.62. The number of hydrogen-bond acceptors (Lipinski definition) is 4. The van der Waals surface area contributed by atoms with Gasteiger partial charge >= 0.3 is 6.03 Å². The molecule has 1 aromatic rings. The third-order valence-electron chi connectivity index (χ3n) is 3.95. The van der Waals surface area contributed by atoms with E-state index in [4.69, 9.17) is 0 Å². The molecule has 2 heterocycles. The lowest BCUT2D eigenvalue weighted by Crippen LogP contribution is -2.46. The van der Waals surface area contributed by atoms with Crippen LogP contribution < -0.4 is 20.9 Å². The summed E-state index contributed by atoms with van der Waals surface area (Å²) in [6.45, 7) is 2.38. The molecule has 1 aromatic carbocycles. The van der Waals surface area contributed by atoms with E-state index >= 15 is 0 Å². The maximum absolute atomic E-state index is 12.2. The molecule has 24 heavy (non-hydrogen) atoms. The number of benzene rings is 1. The molecule has 1 unspecified atom stereocenters. The van der Waals surface area contributed by atoms with Gasteiger partial charge < -0.3 is 16.0 Å². The van der Waals surface area contributed by atoms with Crippen LogP contribution in [0, 0.1) is 0 Å². The predicted molar refractivity (Wildman–Crippen MR) is 101 cm³/mol. The summed E-state index contributed by atoms with van der Waals surface area (Å²) < 4.78 is 0. The van der Waals surface area contributed by atoms with Crippen LogP contribution in [0.1, 0.15) is 12.8 Å². The third kappa shape index (κ3) is 5.03. The summed E-state index contributed by atoms with van der Waals surface area (Å²) in [5.41, 5.74) is 1.54. The van der Waals surface area contributed by atoms with Crippen LogP contribution >= 0.6 is 24.2 Å². The SMILES string of the molecule is Cl.O=C(CC1CSCCN1)Nc1cccc(N2CCCNC2=O)c1. The second-order valence-corrected chi connectivity index (χ2v) is 6.92. The number of halogens is 1. The molecule has 2 aliphatic rings. The number of amides is 3. The highest BCUT2D eigenvalue weighted by molar-refractivity contribution is 7.99. The quantitative estimate of drug-likeness (QED) is 0.758. The first-order valence-corrected chi connectivity index (χ1v) is 9.14. The molecule has 2 fully saturated rings. The number of hydrogen-bond donors (Lipinski definition) is 3. The fourth-order valence-electron chi connectivity index (χ4n) is 2.81. The molecule has 2 saturated heterocycles. The summed E-state index contributed by atoms with van der Waals surface area (Å²) in [7, 11) is 0. The Morgan fingerprint density at radius 2 is 2.25 bits per heavy atom. The van der Waals surface area contributed by atoms with Crippen molar-refractivity contribution in [2.45, 2.75) is 18.9 Å². The summed E-state index contributed by atoms with van der Waals surface area (Å²) in [5.74, 6) is 2.09. The standard InChI is InChI=1S/C16H22N4O2S.ClH/c21-15(10-13-11-23-8-6-17-13)19-12-3-1-4-14(9-12)20-7-2-5-18-16(20)22;/h1,3-4,9,13,17H,2,5-8,10-11H2,(H,18,22)(H,19,21);1H. The lowest BCUT2D eigenvalue weighted by Gasteiger charge is -2.27. The Labute approximate surface area is 152 Å². The molecule has 8 heteroatoms. The zero-order valence-electron chi connectivity index (χ0n) is 13.4. The number of carbonyl (C=O) groups is 2. The molecule has 0 radical (unpaired) electrons. The molecular weight excluding hydrogens is 348 g/mol. The predicted octanol–water partition coefficient (Wildman–Crippen LogP) is 2.06. The van der Waals surface area contributed by atoms with Gasteiger partial charge in [0.15, 0.2) is 0 Å². The second kappa shape index (κ2) is 9.15. The van der Waals surface area contributed by atoms with Crippen molar-refractivity contribution >= 4 is 47.5 Å². The van der Waals surface area contributed by atoms with E-state index < -0.39 is 0 Å². The maximum atomic E-state index is 12.2. The van der Waals surface area contributed by atoms with Crippen LogP contribution in [0.15, 0.2) is 24.3 Å². The van der Waals surface area contributed by atoms with Crippen molar-refractivity contribution in [2.24, 2.45) is 0 Å². The fraction of sp³-hybridized carbons (Fsp3) is 0.500. The monoisotopic (exact) mass is 370 g/mol. The average molecular weight is 371 g/mol. The Morgan fingerprint density at radius 1 is 1.38 bits per heavy atom. The molecular formula is C16H23ClN4O2S. The van der Waals surface area contributed by atoms with Crippen LogP contribution in [0.4, 0.5) is 16.2 Å². The van der Waals surface area contributed by atoms with E-state index in [0.29, 0.717) is 13.0 Å². The molecule has 0 spiro atoms. The second-order valence-electron chi connectivity index (χ2n) is 5.77. The van der Waals surface area contributed by atoms with Gasteiger partial charge in [-0.1, -0.05) is 6.07 Å². The van der Waals surface area contributed by atoms with E-state index in [2.05, 4.69) is 16.0 Å². The van der Waals surface area contributed by atoms with Gasteiger partial charge in [0.05, 0.1) is 0 Å². The molecule has 2 aliphatic heterocycles. The van der Waals surface area contributed by atoms with Gasteiger partial charge in [0.25, 0.3) is 0 Å². The molecule has 0 saturated carbocycles. The van der Waals surface area contributed by atoms with Gasteiger partial charge in [-0.3, -0.25) is 9.69 Å². The number of rotatable bonds is 4. The van der Waals surface area contributed by atoms with Crippen molar-refractivity contribution in [1.29, 1.82) is 0 Å². The van der Waals surface area contributed by atoms with Gasteiger partial charge in [0.2, 0.25) is 5.91 Å². The number of nitrogens with zero attached hydrogens (tertiary/aromatic N) is 1. The molecule has 1 atom stereocenters. The van der Waals surface area contributed by atoms with Crippen molar-refractivity contribution in [2.75, 3.05) is 41.4 Å². The van der Waals surface area contributed by atoms with E-state index in [1.165, 1.54) is 0 Å². The summed E-state index contributed by atoms with van der Waals surface area (Å²) in [6.07, 6.45) is 1.40. The smallest absolute Gasteiger partial charge is 0.321 e. The summed E-state index contributed by atoms with van der Waals surface area (Å²) in [4.78, 5) is 25.8. The normalized spacial score (nSPS) is 20.8. The van der Waals surface area contributed by atoms with Crippen LogP contribution in [-0.2, 0) is 4.79 Å². The third-order valence-corrected chi connectivity index (χ3v) is 5.08. The maximum Gasteiger partial charge on any atom is 0.321 e. The number of anilines is 2. The lowest BCUT2D eigenvalue weighted by molar-refractivity contribution is -0.116. The number of urea groups is 1. The highest BCUT2D eigenvalue weighted by atomic mass is 35.5. The number of thioether (sulfide) groups is 1. The van der Waals surface area contributed by atoms with E-state index in [0.717, 1.165) is 42.4 Å². The zero-order valence-corrected chi connectivity index (χ0v) is 15.0. The Balaban J connectivity index is 0.00000208. The van der Waals surface area contributed by atoms with Crippen LogP contribution in [0.25, 0.3) is 0 Å². The topological polar surface area (TPSA) is 73.5 Å². The minimum atomic E-state index is -0.0804. The van der Waals surface area contributed by atoms with Crippen molar-refractivity contribution in [3.63, 3.8) is 0 Å². The van der Waals surface area contributed by atoms with Gasteiger partial charge in [0.1, 0.15) is 0 Å². The van der Waals surface area contributed by atoms with E-state index in [1.807, 2.05) is 36.0 Å². The molecule has 3 amide bonds. The summed E-state index contributed by atoms with van der Waals surface area (Å²) >= 11 is 1.88. The Kier molecular flexibility index (Phi) is 7.20. The highest BCUT2D eigenvalue weighted by Gasteiger charge is 2.20. The van der Waals surface area contributed by atoms with Gasteiger partial charge in [-0.25, -0.2) is 4.79 Å². The fourth-order valence-corrected chi connectivity index (χ4v) is 3.76. The minimum absolute atomic E-state index is 0. The molecule has 3 N–H and O–H groups in total. The molecule has 132 valence electrons. The number of carbonyl (C=O) groups excluding carboxylic acids is 2. The van der Waals surface area contributed by atoms with Crippen molar-refractivity contribution in [1.82, 2.24) is 10.6 Å². The van der Waals surface area contributed by atoms with Crippen LogP contribution in [0.5, 0.6) is 0 Å².